The molecule has 0 aliphatic rings. The molecule has 6 nitrogen and oxygen atoms in total. The smallest absolute Gasteiger partial charge is 0.311 e. The van der Waals surface area contributed by atoms with Gasteiger partial charge in [-0.2, -0.15) is 0 Å². The van der Waals surface area contributed by atoms with Crippen molar-refractivity contribution in [3.63, 3.8) is 0 Å². The van der Waals surface area contributed by atoms with Crippen molar-refractivity contribution in [1.29, 1.82) is 0 Å². The molecule has 0 fully saturated rings. The minimum atomic E-state index is -0.429. The zero-order valence-corrected chi connectivity index (χ0v) is 10.3. The Bertz CT molecular complexity index is 396. The Morgan fingerprint density at radius 1 is 1.65 bits per heavy atom. The Balaban J connectivity index is 2.92. The van der Waals surface area contributed by atoms with Gasteiger partial charge < -0.3 is 10.1 Å². The van der Waals surface area contributed by atoms with Crippen LogP contribution in [0.1, 0.15) is 18.9 Å². The number of nitrogens with zero attached hydrogens (tertiary/aromatic N) is 2. The molecule has 1 atom stereocenters. The van der Waals surface area contributed by atoms with Gasteiger partial charge in [-0.05, 0) is 18.9 Å². The van der Waals surface area contributed by atoms with Crippen LogP contribution >= 0.6 is 0 Å². The van der Waals surface area contributed by atoms with Crippen molar-refractivity contribution >= 4 is 11.5 Å². The molecule has 0 saturated carbocycles. The molecular formula is C11H17N3O3. The molecule has 0 spiro atoms. The lowest BCUT2D eigenvalue weighted by molar-refractivity contribution is -0.384. The van der Waals surface area contributed by atoms with E-state index in [1.165, 1.54) is 6.07 Å². The molecule has 1 N–H and O–H groups in total. The van der Waals surface area contributed by atoms with Crippen molar-refractivity contribution in [3.05, 3.63) is 27.9 Å². The minimum absolute atomic E-state index is 0.000414. The maximum absolute atomic E-state index is 10.9. The summed E-state index contributed by atoms with van der Waals surface area (Å²) in [4.78, 5) is 14.5. The van der Waals surface area contributed by atoms with E-state index in [1.807, 2.05) is 6.92 Å². The Hall–Kier alpha value is -1.69. The molecular weight excluding hydrogens is 222 g/mol. The van der Waals surface area contributed by atoms with E-state index in [4.69, 9.17) is 4.74 Å². The molecule has 0 aromatic carbocycles. The van der Waals surface area contributed by atoms with Crippen LogP contribution in [0.4, 0.5) is 11.5 Å². The summed E-state index contributed by atoms with van der Waals surface area (Å²) in [5, 5.41) is 13.9. The molecule has 1 rings (SSSR count). The molecule has 1 heterocycles. The van der Waals surface area contributed by atoms with Crippen molar-refractivity contribution in [3.8, 4) is 0 Å². The molecule has 0 saturated heterocycles. The van der Waals surface area contributed by atoms with E-state index in [2.05, 4.69) is 10.3 Å². The fraction of sp³-hybridized carbons (Fsp3) is 0.545. The van der Waals surface area contributed by atoms with Crippen LogP contribution in [0.5, 0.6) is 0 Å². The van der Waals surface area contributed by atoms with Gasteiger partial charge in [0.2, 0.25) is 5.82 Å². The quantitative estimate of drug-likeness (QED) is 0.607. The molecule has 0 aliphatic heterocycles. The van der Waals surface area contributed by atoms with Crippen molar-refractivity contribution in [1.82, 2.24) is 4.98 Å². The van der Waals surface area contributed by atoms with Gasteiger partial charge in [0.05, 0.1) is 17.6 Å². The van der Waals surface area contributed by atoms with E-state index in [-0.39, 0.29) is 11.7 Å². The normalized spacial score (nSPS) is 12.2. The number of nitro groups is 1. The second-order valence-electron chi connectivity index (χ2n) is 3.84. The third-order valence-corrected chi connectivity index (χ3v) is 2.40. The zero-order chi connectivity index (χ0) is 12.8. The van der Waals surface area contributed by atoms with Gasteiger partial charge in [0.15, 0.2) is 0 Å². The standard InChI is InChI=1S/C11H17N3O3/c1-4-9(7-17-3)13-11-10(14(15)16)5-8(2)6-12-11/h5-6,9H,4,7H2,1-3H3,(H,12,13). The highest BCUT2D eigenvalue weighted by molar-refractivity contribution is 5.57. The van der Waals surface area contributed by atoms with E-state index >= 15 is 0 Å². The second-order valence-corrected chi connectivity index (χ2v) is 3.84. The number of ether oxygens (including phenoxy) is 1. The summed E-state index contributed by atoms with van der Waals surface area (Å²) in [5.74, 6) is 0.296. The molecule has 6 heteroatoms. The van der Waals surface area contributed by atoms with Gasteiger partial charge in [0, 0.05) is 19.4 Å². The molecule has 1 unspecified atom stereocenters. The molecule has 0 aliphatic carbocycles. The average molecular weight is 239 g/mol. The van der Waals surface area contributed by atoms with Gasteiger partial charge in [-0.15, -0.1) is 0 Å². The Kier molecular flexibility index (Phi) is 4.84. The van der Waals surface area contributed by atoms with E-state index in [0.717, 1.165) is 12.0 Å². The number of nitrogens with one attached hydrogen (secondary N) is 1. The highest BCUT2D eigenvalue weighted by Gasteiger charge is 2.18. The first-order valence-corrected chi connectivity index (χ1v) is 5.45. The number of anilines is 1. The molecule has 0 amide bonds. The average Bonchev–Trinajstić information content (AvgIpc) is 2.30. The predicted octanol–water partition coefficient (Wildman–Crippen LogP) is 2.14. The number of aromatic nitrogens is 1. The van der Waals surface area contributed by atoms with E-state index in [1.54, 1.807) is 20.2 Å². The molecule has 94 valence electrons. The predicted molar refractivity (Wildman–Crippen MR) is 65.2 cm³/mol. The summed E-state index contributed by atoms with van der Waals surface area (Å²) in [7, 11) is 1.60. The van der Waals surface area contributed by atoms with E-state index in [9.17, 15) is 10.1 Å². The van der Waals surface area contributed by atoms with Crippen LogP contribution in [0.25, 0.3) is 0 Å². The summed E-state index contributed by atoms with van der Waals surface area (Å²) in [6, 6.07) is 1.53. The fourth-order valence-electron chi connectivity index (χ4n) is 1.46. The minimum Gasteiger partial charge on any atom is -0.383 e. The van der Waals surface area contributed by atoms with Crippen LogP contribution in [-0.4, -0.2) is 29.7 Å². The van der Waals surface area contributed by atoms with E-state index in [0.29, 0.717) is 12.4 Å². The largest absolute Gasteiger partial charge is 0.383 e. The van der Waals surface area contributed by atoms with Crippen LogP contribution in [0.15, 0.2) is 12.3 Å². The highest BCUT2D eigenvalue weighted by Crippen LogP contribution is 2.23. The molecule has 0 bridgehead atoms. The van der Waals surface area contributed by atoms with Crippen molar-refractivity contribution in [2.75, 3.05) is 19.0 Å². The van der Waals surface area contributed by atoms with Crippen LogP contribution in [0.2, 0.25) is 0 Å². The third-order valence-electron chi connectivity index (χ3n) is 2.40. The number of aryl methyl sites for hydroxylation is 1. The number of rotatable bonds is 6. The number of methoxy groups -OCH3 is 1. The van der Waals surface area contributed by atoms with Gasteiger partial charge in [0.1, 0.15) is 0 Å². The van der Waals surface area contributed by atoms with Crippen LogP contribution in [-0.2, 0) is 4.74 Å². The van der Waals surface area contributed by atoms with Gasteiger partial charge >= 0.3 is 5.69 Å². The van der Waals surface area contributed by atoms with Gasteiger partial charge in [0.25, 0.3) is 0 Å². The number of hydrogen-bond donors (Lipinski definition) is 1. The monoisotopic (exact) mass is 239 g/mol. The first-order valence-electron chi connectivity index (χ1n) is 5.45. The van der Waals surface area contributed by atoms with Crippen LogP contribution < -0.4 is 5.32 Å². The Morgan fingerprint density at radius 3 is 2.88 bits per heavy atom. The summed E-state index contributed by atoms with van der Waals surface area (Å²) < 4.78 is 5.03. The lowest BCUT2D eigenvalue weighted by Gasteiger charge is -2.16. The molecule has 17 heavy (non-hydrogen) atoms. The summed E-state index contributed by atoms with van der Waals surface area (Å²) in [6.07, 6.45) is 2.41. The summed E-state index contributed by atoms with van der Waals surface area (Å²) in [6.45, 7) is 4.25. The van der Waals surface area contributed by atoms with Crippen LogP contribution in [0.3, 0.4) is 0 Å². The lowest BCUT2D eigenvalue weighted by atomic mass is 10.2. The molecule has 0 radical (unpaired) electrons. The SMILES string of the molecule is CCC(COC)Nc1ncc(C)cc1[N+](=O)[O-]. The lowest BCUT2D eigenvalue weighted by Crippen LogP contribution is -2.25. The van der Waals surface area contributed by atoms with Gasteiger partial charge in [-0.1, -0.05) is 6.92 Å². The molecule has 1 aromatic rings. The fourth-order valence-corrected chi connectivity index (χ4v) is 1.46. The van der Waals surface area contributed by atoms with Crippen molar-refractivity contribution < 1.29 is 9.66 Å². The van der Waals surface area contributed by atoms with E-state index < -0.39 is 4.92 Å². The highest BCUT2D eigenvalue weighted by atomic mass is 16.6. The van der Waals surface area contributed by atoms with Crippen molar-refractivity contribution in [2.24, 2.45) is 0 Å². The zero-order valence-electron chi connectivity index (χ0n) is 10.3. The first kappa shape index (κ1) is 13.4. The second kappa shape index (κ2) is 6.15. The maximum atomic E-state index is 10.9. The van der Waals surface area contributed by atoms with Crippen LogP contribution in [0, 0.1) is 17.0 Å². The third kappa shape index (κ3) is 3.67. The Labute approximate surface area is 100 Å². The summed E-state index contributed by atoms with van der Waals surface area (Å²) >= 11 is 0. The number of pyridine rings is 1. The molecule has 1 aromatic heterocycles. The maximum Gasteiger partial charge on any atom is 0.311 e. The Morgan fingerprint density at radius 2 is 2.35 bits per heavy atom. The number of hydrogen-bond acceptors (Lipinski definition) is 5. The summed E-state index contributed by atoms with van der Waals surface area (Å²) in [5.41, 5.74) is 0.765. The van der Waals surface area contributed by atoms with Gasteiger partial charge in [-0.25, -0.2) is 4.98 Å². The van der Waals surface area contributed by atoms with Crippen molar-refractivity contribution in [2.45, 2.75) is 26.3 Å². The van der Waals surface area contributed by atoms with Gasteiger partial charge in [-0.3, -0.25) is 10.1 Å². The topological polar surface area (TPSA) is 77.3 Å². The first-order chi connectivity index (χ1) is 8.08.